The van der Waals surface area contributed by atoms with Crippen molar-refractivity contribution >= 4 is 50.9 Å². The van der Waals surface area contributed by atoms with Crippen LogP contribution in [0.2, 0.25) is 10.0 Å². The van der Waals surface area contributed by atoms with Crippen LogP contribution < -0.4 is 10.1 Å². The third-order valence-corrected chi connectivity index (χ3v) is 5.35. The van der Waals surface area contributed by atoms with Crippen molar-refractivity contribution in [2.45, 2.75) is 13.5 Å². The summed E-state index contributed by atoms with van der Waals surface area (Å²) >= 11 is 15.4. The molecule has 0 saturated carbocycles. The van der Waals surface area contributed by atoms with Gasteiger partial charge in [0.1, 0.15) is 5.75 Å². The zero-order valence-electron chi connectivity index (χ0n) is 14.6. The van der Waals surface area contributed by atoms with Crippen LogP contribution in [0, 0.1) is 6.92 Å². The molecular formula is C19H16BrCl2N3O2. The zero-order valence-corrected chi connectivity index (χ0v) is 17.7. The Morgan fingerprint density at radius 2 is 2.04 bits per heavy atom. The molecule has 1 aromatic heterocycles. The molecule has 2 aromatic carbocycles. The van der Waals surface area contributed by atoms with Gasteiger partial charge in [0.05, 0.1) is 28.2 Å². The molecule has 1 heterocycles. The standard InChI is InChI=1S/C19H16BrCl2N3O2/c1-11-13(4-3-5-17(11)27-2)19(26)23-18-14(20)10-25(24-18)9-12-6-7-15(21)16(22)8-12/h3-8,10H,9H2,1-2H3,(H,23,24,26). The second kappa shape index (κ2) is 8.33. The van der Waals surface area contributed by atoms with E-state index in [-0.39, 0.29) is 5.91 Å². The molecule has 0 saturated heterocycles. The van der Waals surface area contributed by atoms with Gasteiger partial charge in [0.15, 0.2) is 5.82 Å². The van der Waals surface area contributed by atoms with E-state index in [1.54, 1.807) is 42.3 Å². The number of carbonyl (C=O) groups excluding carboxylic acids is 1. The molecule has 0 aliphatic carbocycles. The number of methoxy groups -OCH3 is 1. The number of carbonyl (C=O) groups is 1. The lowest BCUT2D eigenvalue weighted by molar-refractivity contribution is 0.102. The Hall–Kier alpha value is -2.02. The molecular weight excluding hydrogens is 453 g/mol. The van der Waals surface area contributed by atoms with E-state index in [0.29, 0.717) is 38.2 Å². The Bertz CT molecular complexity index is 1000. The average Bonchev–Trinajstić information content (AvgIpc) is 2.97. The van der Waals surface area contributed by atoms with E-state index < -0.39 is 0 Å². The maximum Gasteiger partial charge on any atom is 0.257 e. The van der Waals surface area contributed by atoms with E-state index in [0.717, 1.165) is 11.1 Å². The molecule has 0 unspecified atom stereocenters. The lowest BCUT2D eigenvalue weighted by Gasteiger charge is -2.10. The van der Waals surface area contributed by atoms with Crippen molar-refractivity contribution in [3.05, 3.63) is 73.8 Å². The summed E-state index contributed by atoms with van der Waals surface area (Å²) in [5.41, 5.74) is 2.24. The first-order valence-corrected chi connectivity index (χ1v) is 9.55. The molecule has 0 bridgehead atoms. The van der Waals surface area contributed by atoms with Crippen LogP contribution in [0.3, 0.4) is 0 Å². The normalized spacial score (nSPS) is 10.7. The second-order valence-electron chi connectivity index (χ2n) is 5.86. The molecule has 0 atom stereocenters. The topological polar surface area (TPSA) is 56.1 Å². The molecule has 27 heavy (non-hydrogen) atoms. The highest BCUT2D eigenvalue weighted by molar-refractivity contribution is 9.10. The van der Waals surface area contributed by atoms with Crippen LogP contribution in [0.4, 0.5) is 5.82 Å². The van der Waals surface area contributed by atoms with Crippen LogP contribution in [-0.4, -0.2) is 22.8 Å². The summed E-state index contributed by atoms with van der Waals surface area (Å²) in [6.45, 7) is 2.33. The summed E-state index contributed by atoms with van der Waals surface area (Å²) < 4.78 is 7.65. The Kier molecular flexibility index (Phi) is 6.09. The third kappa shape index (κ3) is 4.46. The molecule has 5 nitrogen and oxygen atoms in total. The number of hydrogen-bond acceptors (Lipinski definition) is 3. The largest absolute Gasteiger partial charge is 0.496 e. The van der Waals surface area contributed by atoms with E-state index >= 15 is 0 Å². The van der Waals surface area contributed by atoms with E-state index in [9.17, 15) is 4.79 Å². The summed E-state index contributed by atoms with van der Waals surface area (Å²) in [5, 5.41) is 8.24. The van der Waals surface area contributed by atoms with Gasteiger partial charge < -0.3 is 10.1 Å². The number of anilines is 1. The van der Waals surface area contributed by atoms with Crippen molar-refractivity contribution < 1.29 is 9.53 Å². The molecule has 0 spiro atoms. The molecule has 0 aliphatic rings. The number of aromatic nitrogens is 2. The fourth-order valence-electron chi connectivity index (χ4n) is 2.64. The molecule has 0 fully saturated rings. The maximum atomic E-state index is 12.6. The van der Waals surface area contributed by atoms with Gasteiger partial charge in [-0.05, 0) is 52.7 Å². The smallest absolute Gasteiger partial charge is 0.257 e. The molecule has 1 N–H and O–H groups in total. The first kappa shape index (κ1) is 19.7. The Morgan fingerprint density at radius 3 is 2.74 bits per heavy atom. The molecule has 3 aromatic rings. The van der Waals surface area contributed by atoms with Gasteiger partial charge in [-0.3, -0.25) is 9.48 Å². The first-order valence-electron chi connectivity index (χ1n) is 8.01. The van der Waals surface area contributed by atoms with Gasteiger partial charge in [0, 0.05) is 17.3 Å². The molecule has 1 amide bonds. The minimum Gasteiger partial charge on any atom is -0.496 e. The number of ether oxygens (including phenoxy) is 1. The molecule has 3 rings (SSSR count). The van der Waals surface area contributed by atoms with Crippen molar-refractivity contribution in [1.29, 1.82) is 0 Å². The number of nitrogens with one attached hydrogen (secondary N) is 1. The molecule has 0 aliphatic heterocycles. The summed E-state index contributed by atoms with van der Waals surface area (Å²) in [4.78, 5) is 12.6. The van der Waals surface area contributed by atoms with Crippen LogP contribution in [0.25, 0.3) is 0 Å². The highest BCUT2D eigenvalue weighted by Gasteiger charge is 2.16. The van der Waals surface area contributed by atoms with Crippen LogP contribution in [0.5, 0.6) is 5.75 Å². The second-order valence-corrected chi connectivity index (χ2v) is 7.53. The van der Waals surface area contributed by atoms with Crippen molar-refractivity contribution in [3.63, 3.8) is 0 Å². The number of hydrogen-bond donors (Lipinski definition) is 1. The number of halogens is 3. The number of amides is 1. The van der Waals surface area contributed by atoms with Crippen LogP contribution in [0.1, 0.15) is 21.5 Å². The number of rotatable bonds is 5. The van der Waals surface area contributed by atoms with E-state index in [2.05, 4.69) is 26.3 Å². The molecule has 0 radical (unpaired) electrons. The minimum atomic E-state index is -0.258. The van der Waals surface area contributed by atoms with Gasteiger partial charge in [0.25, 0.3) is 5.91 Å². The summed E-state index contributed by atoms with van der Waals surface area (Å²) in [6, 6.07) is 10.7. The third-order valence-electron chi connectivity index (χ3n) is 4.03. The average molecular weight is 469 g/mol. The van der Waals surface area contributed by atoms with E-state index in [4.69, 9.17) is 27.9 Å². The highest BCUT2D eigenvalue weighted by atomic mass is 79.9. The van der Waals surface area contributed by atoms with Crippen LogP contribution >= 0.6 is 39.1 Å². The minimum absolute atomic E-state index is 0.258. The van der Waals surface area contributed by atoms with Gasteiger partial charge in [-0.1, -0.05) is 35.3 Å². The Balaban J connectivity index is 1.78. The zero-order chi connectivity index (χ0) is 19.6. The quantitative estimate of drug-likeness (QED) is 0.532. The van der Waals surface area contributed by atoms with Crippen molar-refractivity contribution in [2.75, 3.05) is 12.4 Å². The van der Waals surface area contributed by atoms with Gasteiger partial charge >= 0.3 is 0 Å². The fraction of sp³-hybridized carbons (Fsp3) is 0.158. The number of nitrogens with zero attached hydrogens (tertiary/aromatic N) is 2. The van der Waals surface area contributed by atoms with Gasteiger partial charge in [-0.25, -0.2) is 0 Å². The van der Waals surface area contributed by atoms with Gasteiger partial charge in [-0.2, -0.15) is 5.10 Å². The van der Waals surface area contributed by atoms with Gasteiger partial charge in [-0.15, -0.1) is 0 Å². The lowest BCUT2D eigenvalue weighted by Crippen LogP contribution is -2.15. The van der Waals surface area contributed by atoms with Crippen LogP contribution in [0.15, 0.2) is 47.1 Å². The Labute approximate surface area is 175 Å². The van der Waals surface area contributed by atoms with Crippen molar-refractivity contribution in [3.8, 4) is 5.75 Å². The van der Waals surface area contributed by atoms with Crippen LogP contribution in [-0.2, 0) is 6.54 Å². The highest BCUT2D eigenvalue weighted by Crippen LogP contribution is 2.26. The number of benzene rings is 2. The lowest BCUT2D eigenvalue weighted by atomic mass is 10.1. The summed E-state index contributed by atoms with van der Waals surface area (Å²) in [7, 11) is 1.57. The fourth-order valence-corrected chi connectivity index (χ4v) is 3.38. The summed E-state index contributed by atoms with van der Waals surface area (Å²) in [6.07, 6.45) is 1.79. The summed E-state index contributed by atoms with van der Waals surface area (Å²) in [5.74, 6) is 0.834. The van der Waals surface area contributed by atoms with E-state index in [1.807, 2.05) is 19.1 Å². The van der Waals surface area contributed by atoms with Crippen molar-refractivity contribution in [1.82, 2.24) is 9.78 Å². The first-order chi connectivity index (χ1) is 12.9. The predicted molar refractivity (Wildman–Crippen MR) is 111 cm³/mol. The molecule has 140 valence electrons. The maximum absolute atomic E-state index is 12.6. The Morgan fingerprint density at radius 1 is 1.26 bits per heavy atom. The monoisotopic (exact) mass is 467 g/mol. The van der Waals surface area contributed by atoms with Crippen molar-refractivity contribution in [2.24, 2.45) is 0 Å². The predicted octanol–water partition coefficient (Wildman–Crippen LogP) is 5.57. The molecule has 8 heteroatoms. The van der Waals surface area contributed by atoms with Gasteiger partial charge in [0.2, 0.25) is 0 Å². The SMILES string of the molecule is COc1cccc(C(=O)Nc2nn(Cc3ccc(Cl)c(Cl)c3)cc2Br)c1C. The van der Waals surface area contributed by atoms with E-state index in [1.165, 1.54) is 0 Å².